The minimum atomic E-state index is -0.609. The Morgan fingerprint density at radius 2 is 1.75 bits per heavy atom. The molecule has 5 aromatic rings. The van der Waals surface area contributed by atoms with Crippen LogP contribution in [0.15, 0.2) is 85.6 Å². The van der Waals surface area contributed by atoms with E-state index in [9.17, 15) is 14.4 Å². The van der Waals surface area contributed by atoms with E-state index in [0.29, 0.717) is 32.7 Å². The Hall–Kier alpha value is -5.09. The van der Waals surface area contributed by atoms with Crippen LogP contribution in [0, 0.1) is 5.82 Å². The van der Waals surface area contributed by atoms with Gasteiger partial charge >= 0.3 is 0 Å². The first-order chi connectivity index (χ1) is 21.3. The number of benzene rings is 3. The molecule has 0 bridgehead atoms. The molecule has 3 aromatic carbocycles. The molecule has 2 aromatic heterocycles. The number of fused-ring (bicyclic) bond motifs is 1. The first kappa shape index (κ1) is 29.0. The number of carbonyl (C=O) groups excluding carboxylic acids is 3. The van der Waals surface area contributed by atoms with Gasteiger partial charge in [-0.3, -0.25) is 14.4 Å². The molecule has 1 saturated carbocycles. The van der Waals surface area contributed by atoms with Crippen LogP contribution in [0.5, 0.6) is 0 Å². The van der Waals surface area contributed by atoms with E-state index in [1.165, 1.54) is 24.2 Å². The predicted molar refractivity (Wildman–Crippen MR) is 167 cm³/mol. The summed E-state index contributed by atoms with van der Waals surface area (Å²) in [6, 6.07) is 17.0. The zero-order valence-corrected chi connectivity index (χ0v) is 24.5. The van der Waals surface area contributed by atoms with Crippen LogP contribution in [0.4, 0.5) is 21.5 Å². The zero-order chi connectivity index (χ0) is 30.8. The van der Waals surface area contributed by atoms with Crippen LogP contribution in [0.25, 0.3) is 22.0 Å². The number of halogens is 2. The van der Waals surface area contributed by atoms with Crippen molar-refractivity contribution in [3.63, 3.8) is 0 Å². The quantitative estimate of drug-likeness (QED) is 0.176. The fourth-order valence-electron chi connectivity index (χ4n) is 5.22. The summed E-state index contributed by atoms with van der Waals surface area (Å²) >= 11 is 6.27. The van der Waals surface area contributed by atoms with Crippen molar-refractivity contribution in [2.24, 2.45) is 0 Å². The third-order valence-corrected chi connectivity index (χ3v) is 7.80. The van der Waals surface area contributed by atoms with Gasteiger partial charge in [-0.25, -0.2) is 14.4 Å². The Kier molecular flexibility index (Phi) is 8.08. The molecule has 1 fully saturated rings. The Labute approximate surface area is 257 Å². The summed E-state index contributed by atoms with van der Waals surface area (Å²) < 4.78 is 17.2. The van der Waals surface area contributed by atoms with Gasteiger partial charge in [0.25, 0.3) is 0 Å². The molecule has 44 heavy (non-hydrogen) atoms. The van der Waals surface area contributed by atoms with Crippen LogP contribution < -0.4 is 10.6 Å². The second-order valence-corrected chi connectivity index (χ2v) is 11.1. The van der Waals surface area contributed by atoms with Crippen molar-refractivity contribution in [3.05, 3.63) is 102 Å². The monoisotopic (exact) mass is 610 g/mol. The average molecular weight is 611 g/mol. The number of ketones is 1. The number of amides is 2. The number of aromatic nitrogens is 3. The zero-order valence-electron chi connectivity index (χ0n) is 23.8. The predicted octanol–water partition coefficient (Wildman–Crippen LogP) is 6.47. The van der Waals surface area contributed by atoms with Crippen molar-refractivity contribution in [2.45, 2.75) is 32.4 Å². The molecule has 2 N–H and O–H groups in total. The number of nitrogens with zero attached hydrogens (tertiary/aromatic N) is 4. The first-order valence-corrected chi connectivity index (χ1v) is 14.4. The molecule has 1 aliphatic rings. The molecular weight excluding hydrogens is 583 g/mol. The minimum Gasteiger partial charge on any atom is -0.353 e. The van der Waals surface area contributed by atoms with E-state index in [2.05, 4.69) is 20.6 Å². The molecule has 1 aliphatic carbocycles. The molecule has 222 valence electrons. The van der Waals surface area contributed by atoms with E-state index in [1.807, 2.05) is 18.2 Å². The van der Waals surface area contributed by atoms with Crippen molar-refractivity contribution >= 4 is 57.2 Å². The highest BCUT2D eigenvalue weighted by molar-refractivity contribution is 6.33. The summed E-state index contributed by atoms with van der Waals surface area (Å²) in [5.74, 6) is -1.53. The van der Waals surface area contributed by atoms with Gasteiger partial charge in [-0.15, -0.1) is 0 Å². The molecule has 0 aliphatic heterocycles. The van der Waals surface area contributed by atoms with Gasteiger partial charge in [0.1, 0.15) is 19.4 Å². The molecule has 2 heterocycles. The number of nitrogens with one attached hydrogen (secondary N) is 2. The standard InChI is InChI=1S/C33H28ClFN6O3/c1-20(42)27-16-40(30-12-9-21(13-26(27)30)38-22-14-36-19-37-15-22)18-32(44)41(23-10-11-23)17-31(43)39-29-8-4-6-25(33(29)35)24-5-2-3-7-28(24)34/h2-9,12-16,19,23,38H,10-11,17-18H2,1H3,(H,39,43). The lowest BCUT2D eigenvalue weighted by Gasteiger charge is -2.22. The maximum Gasteiger partial charge on any atom is 0.244 e. The van der Waals surface area contributed by atoms with E-state index in [0.717, 1.165) is 18.5 Å². The van der Waals surface area contributed by atoms with Gasteiger partial charge in [0.15, 0.2) is 11.6 Å². The highest BCUT2D eigenvalue weighted by Gasteiger charge is 2.34. The number of carbonyl (C=O) groups is 3. The molecule has 9 nitrogen and oxygen atoms in total. The van der Waals surface area contributed by atoms with Gasteiger partial charge < -0.3 is 20.1 Å². The first-order valence-electron chi connectivity index (χ1n) is 14.1. The second-order valence-electron chi connectivity index (χ2n) is 10.7. The normalized spacial score (nSPS) is 12.6. The maximum atomic E-state index is 15.4. The lowest BCUT2D eigenvalue weighted by atomic mass is 10.0. The van der Waals surface area contributed by atoms with Crippen LogP contribution in [0.2, 0.25) is 5.02 Å². The van der Waals surface area contributed by atoms with Crippen LogP contribution in [-0.2, 0) is 16.1 Å². The summed E-state index contributed by atoms with van der Waals surface area (Å²) in [6.07, 6.45) is 7.93. The fourth-order valence-corrected chi connectivity index (χ4v) is 5.46. The number of Topliss-reactive ketones (excluding diaryl/α,β-unsaturated/α-hetero) is 1. The minimum absolute atomic E-state index is 0.00426. The van der Waals surface area contributed by atoms with Gasteiger partial charge in [-0.1, -0.05) is 41.9 Å². The summed E-state index contributed by atoms with van der Waals surface area (Å²) in [7, 11) is 0. The third kappa shape index (κ3) is 6.16. The Bertz CT molecular complexity index is 1890. The van der Waals surface area contributed by atoms with Gasteiger partial charge in [0.05, 0.1) is 23.8 Å². The molecule has 6 rings (SSSR count). The highest BCUT2D eigenvalue weighted by atomic mass is 35.5. The van der Waals surface area contributed by atoms with Gasteiger partial charge in [0, 0.05) is 50.5 Å². The lowest BCUT2D eigenvalue weighted by molar-refractivity contribution is -0.135. The molecule has 0 unspecified atom stereocenters. The van der Waals surface area contributed by atoms with E-state index in [-0.39, 0.29) is 42.1 Å². The Balaban J connectivity index is 1.19. The largest absolute Gasteiger partial charge is 0.353 e. The lowest BCUT2D eigenvalue weighted by Crippen LogP contribution is -2.41. The van der Waals surface area contributed by atoms with Gasteiger partial charge in [0.2, 0.25) is 11.8 Å². The summed E-state index contributed by atoms with van der Waals surface area (Å²) in [6.45, 7) is 1.18. The molecule has 2 amide bonds. The SMILES string of the molecule is CC(=O)c1cn(CC(=O)N(CC(=O)Nc2cccc(-c3ccccc3Cl)c2F)C2CC2)c2ccc(Nc3cncnc3)cc12. The molecule has 0 atom stereocenters. The van der Waals surface area contributed by atoms with E-state index in [1.54, 1.807) is 59.6 Å². The van der Waals surface area contributed by atoms with Gasteiger partial charge in [-0.2, -0.15) is 0 Å². The van der Waals surface area contributed by atoms with E-state index in [4.69, 9.17) is 11.6 Å². The van der Waals surface area contributed by atoms with Gasteiger partial charge in [-0.05, 0) is 50.1 Å². The van der Waals surface area contributed by atoms with Crippen molar-refractivity contribution < 1.29 is 18.8 Å². The molecule has 11 heteroatoms. The number of rotatable bonds is 10. The number of hydrogen-bond donors (Lipinski definition) is 2. The molecule has 0 spiro atoms. The van der Waals surface area contributed by atoms with Crippen LogP contribution in [0.1, 0.15) is 30.1 Å². The number of hydrogen-bond acceptors (Lipinski definition) is 6. The third-order valence-electron chi connectivity index (χ3n) is 7.47. The molecule has 0 saturated heterocycles. The van der Waals surface area contributed by atoms with Crippen LogP contribution in [-0.4, -0.2) is 49.6 Å². The Morgan fingerprint density at radius 1 is 1.00 bits per heavy atom. The van der Waals surface area contributed by atoms with Crippen molar-refractivity contribution in [3.8, 4) is 11.1 Å². The summed E-state index contributed by atoms with van der Waals surface area (Å²) in [5, 5.41) is 6.93. The smallest absolute Gasteiger partial charge is 0.244 e. The Morgan fingerprint density at radius 3 is 2.48 bits per heavy atom. The summed E-state index contributed by atoms with van der Waals surface area (Å²) in [4.78, 5) is 48.7. The fraction of sp³-hybridized carbons (Fsp3) is 0.182. The van der Waals surface area contributed by atoms with Crippen molar-refractivity contribution in [1.29, 1.82) is 0 Å². The molecule has 0 radical (unpaired) electrons. The summed E-state index contributed by atoms with van der Waals surface area (Å²) in [5.41, 5.74) is 3.39. The van der Waals surface area contributed by atoms with Crippen molar-refractivity contribution in [1.82, 2.24) is 19.4 Å². The van der Waals surface area contributed by atoms with Crippen molar-refractivity contribution in [2.75, 3.05) is 17.2 Å². The topological polar surface area (TPSA) is 109 Å². The second kappa shape index (κ2) is 12.3. The van der Waals surface area contributed by atoms with E-state index < -0.39 is 11.7 Å². The highest BCUT2D eigenvalue weighted by Crippen LogP contribution is 2.33. The molecular formula is C33H28ClFN6O3. The number of anilines is 3. The average Bonchev–Trinajstić information content (AvgIpc) is 3.79. The van der Waals surface area contributed by atoms with Crippen LogP contribution >= 0.6 is 11.6 Å². The van der Waals surface area contributed by atoms with E-state index >= 15 is 4.39 Å². The van der Waals surface area contributed by atoms with Crippen LogP contribution in [0.3, 0.4) is 0 Å². The maximum absolute atomic E-state index is 15.4.